The van der Waals surface area contributed by atoms with Crippen molar-refractivity contribution in [2.24, 2.45) is 0 Å². The third-order valence-corrected chi connectivity index (χ3v) is 5.12. The number of rotatable bonds is 4. The zero-order chi connectivity index (χ0) is 18.3. The molecule has 1 unspecified atom stereocenters. The lowest BCUT2D eigenvalue weighted by atomic mass is 9.91. The molecular formula is C19H21N5O2. The Morgan fingerprint density at radius 2 is 2.12 bits per heavy atom. The highest BCUT2D eigenvalue weighted by Gasteiger charge is 2.29. The summed E-state index contributed by atoms with van der Waals surface area (Å²) < 4.78 is 1.90. The summed E-state index contributed by atoms with van der Waals surface area (Å²) in [5.74, 6) is -0.118. The molecule has 1 aliphatic rings. The van der Waals surface area contributed by atoms with Gasteiger partial charge in [0.1, 0.15) is 6.54 Å². The van der Waals surface area contributed by atoms with Crippen LogP contribution >= 0.6 is 0 Å². The Labute approximate surface area is 151 Å². The highest BCUT2D eigenvalue weighted by molar-refractivity contribution is 5.83. The van der Waals surface area contributed by atoms with Crippen LogP contribution in [0.25, 0.3) is 11.0 Å². The number of pyridine rings is 1. The summed E-state index contributed by atoms with van der Waals surface area (Å²) in [5, 5.41) is 9.29. The van der Waals surface area contributed by atoms with Gasteiger partial charge in [-0.05, 0) is 43.9 Å². The number of nitrogens with zero attached hydrogens (tertiary/aromatic N) is 5. The van der Waals surface area contributed by atoms with Gasteiger partial charge in [0.15, 0.2) is 0 Å². The zero-order valence-electron chi connectivity index (χ0n) is 14.9. The Morgan fingerprint density at radius 1 is 1.35 bits per heavy atom. The van der Waals surface area contributed by atoms with Crippen LogP contribution in [0.3, 0.4) is 0 Å². The van der Waals surface area contributed by atoms with Gasteiger partial charge in [-0.3, -0.25) is 9.78 Å². The Balaban J connectivity index is 1.70. The van der Waals surface area contributed by atoms with Crippen molar-refractivity contribution in [2.75, 3.05) is 11.9 Å². The Kier molecular flexibility index (Phi) is 4.06. The van der Waals surface area contributed by atoms with Crippen molar-refractivity contribution in [3.8, 4) is 0 Å². The van der Waals surface area contributed by atoms with Crippen molar-refractivity contribution in [3.63, 3.8) is 0 Å². The quantitative estimate of drug-likeness (QED) is 0.776. The smallest absolute Gasteiger partial charge is 0.323 e. The highest BCUT2D eigenvalue weighted by Crippen LogP contribution is 2.33. The van der Waals surface area contributed by atoms with Gasteiger partial charge < -0.3 is 14.6 Å². The second-order valence-corrected chi connectivity index (χ2v) is 6.84. The molecule has 7 nitrogen and oxygen atoms in total. The predicted octanol–water partition coefficient (Wildman–Crippen LogP) is 2.21. The summed E-state index contributed by atoms with van der Waals surface area (Å²) in [6.45, 7) is 1.94. The first-order valence-corrected chi connectivity index (χ1v) is 8.73. The maximum atomic E-state index is 11.3. The average Bonchev–Trinajstić information content (AvgIpc) is 2.95. The molecule has 0 bridgehead atoms. The first-order chi connectivity index (χ1) is 12.5. The number of hydrogen-bond acceptors (Lipinski definition) is 5. The molecule has 0 saturated carbocycles. The molecule has 1 N–H and O–H groups in total. The van der Waals surface area contributed by atoms with Crippen LogP contribution in [0.4, 0.5) is 5.95 Å². The van der Waals surface area contributed by atoms with Crippen molar-refractivity contribution in [1.29, 1.82) is 0 Å². The second kappa shape index (κ2) is 6.40. The van der Waals surface area contributed by atoms with Gasteiger partial charge in [-0.1, -0.05) is 0 Å². The maximum absolute atomic E-state index is 11.3. The van der Waals surface area contributed by atoms with Gasteiger partial charge in [-0.25, -0.2) is 9.97 Å². The molecule has 1 aliphatic carbocycles. The molecule has 26 heavy (non-hydrogen) atoms. The predicted molar refractivity (Wildman–Crippen MR) is 98.4 cm³/mol. The molecule has 0 radical (unpaired) electrons. The lowest BCUT2D eigenvalue weighted by molar-refractivity contribution is -0.137. The highest BCUT2D eigenvalue weighted by atomic mass is 16.4. The fourth-order valence-corrected chi connectivity index (χ4v) is 3.81. The van der Waals surface area contributed by atoms with E-state index in [4.69, 9.17) is 0 Å². The van der Waals surface area contributed by atoms with Gasteiger partial charge in [-0.2, -0.15) is 0 Å². The van der Waals surface area contributed by atoms with Crippen LogP contribution in [0.15, 0.2) is 30.7 Å². The van der Waals surface area contributed by atoms with Crippen molar-refractivity contribution >= 4 is 23.0 Å². The lowest BCUT2D eigenvalue weighted by Gasteiger charge is -2.31. The number of hydrogen-bond donors (Lipinski definition) is 1. The molecule has 1 atom stereocenters. The number of aryl methyl sites for hydroxylation is 1. The summed E-state index contributed by atoms with van der Waals surface area (Å²) in [7, 11) is 2.02. The number of carbonyl (C=O) groups is 1. The number of likely N-dealkylation sites (N-methyl/N-ethyl adjacent to an activating group) is 1. The van der Waals surface area contributed by atoms with Gasteiger partial charge in [-0.15, -0.1) is 0 Å². The largest absolute Gasteiger partial charge is 0.480 e. The van der Waals surface area contributed by atoms with Crippen molar-refractivity contribution in [2.45, 2.75) is 38.8 Å². The number of aromatic nitrogens is 4. The molecule has 3 aromatic rings. The normalized spacial score (nSPS) is 16.5. The molecule has 0 amide bonds. The van der Waals surface area contributed by atoms with E-state index in [0.29, 0.717) is 5.95 Å². The maximum Gasteiger partial charge on any atom is 0.323 e. The molecule has 3 aromatic heterocycles. The molecule has 0 fully saturated rings. The van der Waals surface area contributed by atoms with E-state index in [1.807, 2.05) is 43.1 Å². The van der Waals surface area contributed by atoms with E-state index in [1.165, 1.54) is 0 Å². The number of aliphatic carboxylic acids is 1. The molecule has 4 rings (SSSR count). The Morgan fingerprint density at radius 3 is 2.85 bits per heavy atom. The average molecular weight is 351 g/mol. The molecule has 0 spiro atoms. The molecular weight excluding hydrogens is 330 g/mol. The van der Waals surface area contributed by atoms with E-state index in [9.17, 15) is 9.90 Å². The minimum Gasteiger partial charge on any atom is -0.480 e. The molecule has 0 aliphatic heterocycles. The number of carboxylic acid groups (broad SMARTS) is 1. The van der Waals surface area contributed by atoms with Crippen LogP contribution in [0.1, 0.15) is 23.2 Å². The summed E-state index contributed by atoms with van der Waals surface area (Å²) in [5.41, 5.74) is 5.09. The third-order valence-electron chi connectivity index (χ3n) is 5.12. The monoisotopic (exact) mass is 351 g/mol. The van der Waals surface area contributed by atoms with E-state index < -0.39 is 5.97 Å². The molecule has 134 valence electrons. The van der Waals surface area contributed by atoms with Crippen LogP contribution < -0.4 is 4.90 Å². The minimum atomic E-state index is -0.833. The summed E-state index contributed by atoms with van der Waals surface area (Å²) in [6, 6.07) is 4.07. The molecule has 3 heterocycles. The Bertz CT molecular complexity index is 964. The van der Waals surface area contributed by atoms with Crippen LogP contribution in [-0.4, -0.2) is 43.7 Å². The van der Waals surface area contributed by atoms with Crippen LogP contribution in [0.5, 0.6) is 0 Å². The summed E-state index contributed by atoms with van der Waals surface area (Å²) in [4.78, 5) is 26.8. The number of carboxylic acids is 1. The van der Waals surface area contributed by atoms with Crippen LogP contribution in [0, 0.1) is 6.92 Å². The van der Waals surface area contributed by atoms with E-state index >= 15 is 0 Å². The van der Waals surface area contributed by atoms with E-state index in [-0.39, 0.29) is 12.6 Å². The topological polar surface area (TPSA) is 84.1 Å². The molecule has 7 heteroatoms. The minimum absolute atomic E-state index is 0.0287. The first kappa shape index (κ1) is 16.5. The Hall–Kier alpha value is -2.96. The van der Waals surface area contributed by atoms with Crippen molar-refractivity contribution in [1.82, 2.24) is 19.5 Å². The van der Waals surface area contributed by atoms with Gasteiger partial charge in [0.05, 0.1) is 11.0 Å². The van der Waals surface area contributed by atoms with Gasteiger partial charge >= 0.3 is 5.97 Å². The van der Waals surface area contributed by atoms with E-state index in [2.05, 4.69) is 19.9 Å². The first-order valence-electron chi connectivity index (χ1n) is 8.73. The summed E-state index contributed by atoms with van der Waals surface area (Å²) >= 11 is 0. The third kappa shape index (κ3) is 2.79. The van der Waals surface area contributed by atoms with Gasteiger partial charge in [0.2, 0.25) is 5.95 Å². The fourth-order valence-electron chi connectivity index (χ4n) is 3.81. The fraction of sp³-hybridized carbons (Fsp3) is 0.368. The van der Waals surface area contributed by atoms with Gasteiger partial charge in [0, 0.05) is 42.9 Å². The van der Waals surface area contributed by atoms with Crippen LogP contribution in [0.2, 0.25) is 0 Å². The molecule has 0 aromatic carbocycles. The lowest BCUT2D eigenvalue weighted by Crippen LogP contribution is -2.37. The van der Waals surface area contributed by atoms with Crippen molar-refractivity contribution < 1.29 is 9.90 Å². The SMILES string of the molecule is Cc1cnc(N(C)C2CCc3c(c4ncccc4n3CC(=O)O)C2)nc1. The summed E-state index contributed by atoms with van der Waals surface area (Å²) in [6.07, 6.45) is 7.98. The van der Waals surface area contributed by atoms with E-state index in [0.717, 1.165) is 47.1 Å². The van der Waals surface area contributed by atoms with Gasteiger partial charge in [0.25, 0.3) is 0 Å². The number of anilines is 1. The zero-order valence-corrected chi connectivity index (χ0v) is 14.9. The van der Waals surface area contributed by atoms with Crippen LogP contribution in [-0.2, 0) is 24.2 Å². The molecule has 0 saturated heterocycles. The second-order valence-electron chi connectivity index (χ2n) is 6.84. The van der Waals surface area contributed by atoms with Crippen molar-refractivity contribution in [3.05, 3.63) is 47.5 Å². The van der Waals surface area contributed by atoms with E-state index in [1.54, 1.807) is 6.20 Å². The number of fused-ring (bicyclic) bond motifs is 3. The standard InChI is InChI=1S/C19H21N5O2/c1-12-9-21-19(22-10-12)23(2)13-5-6-15-14(8-13)18-16(4-3-7-20-18)24(15)11-17(25)26/h3-4,7,9-10,13H,5-6,8,11H2,1-2H3,(H,25,26).